The van der Waals surface area contributed by atoms with E-state index >= 15 is 0 Å². The number of ether oxygens (including phenoxy) is 1. The largest absolute Gasteiger partial charge is 0.507 e. The van der Waals surface area contributed by atoms with Crippen molar-refractivity contribution in [3.05, 3.63) is 41.0 Å². The summed E-state index contributed by atoms with van der Waals surface area (Å²) in [7, 11) is 0. The van der Waals surface area contributed by atoms with Crippen LogP contribution in [0.5, 0.6) is 5.75 Å². The average Bonchev–Trinajstić information content (AvgIpc) is 2.86. The van der Waals surface area contributed by atoms with Crippen molar-refractivity contribution in [1.29, 1.82) is 0 Å². The molecule has 1 heterocycles. The molecule has 1 aromatic heterocycles. The fourth-order valence-electron chi connectivity index (χ4n) is 2.71. The zero-order chi connectivity index (χ0) is 16.7. The van der Waals surface area contributed by atoms with Crippen molar-refractivity contribution < 1.29 is 23.8 Å². The lowest BCUT2D eigenvalue weighted by molar-refractivity contribution is 0.0528. The average molecular weight is 312 g/mol. The lowest BCUT2D eigenvalue weighted by atomic mass is 10.0. The number of hydrogen-bond donors (Lipinski definition) is 1. The molecule has 0 radical (unpaired) electrons. The summed E-state index contributed by atoms with van der Waals surface area (Å²) < 4.78 is 10.9. The van der Waals surface area contributed by atoms with Gasteiger partial charge in [-0.05, 0) is 38.5 Å². The third kappa shape index (κ3) is 2.34. The van der Waals surface area contributed by atoms with Crippen LogP contribution in [0.1, 0.15) is 40.1 Å². The molecule has 0 aliphatic heterocycles. The Morgan fingerprint density at radius 3 is 2.61 bits per heavy atom. The topological polar surface area (TPSA) is 76.7 Å². The van der Waals surface area contributed by atoms with Crippen molar-refractivity contribution in [3.63, 3.8) is 0 Å². The van der Waals surface area contributed by atoms with E-state index < -0.39 is 5.97 Å². The number of esters is 1. The summed E-state index contributed by atoms with van der Waals surface area (Å²) in [6.45, 7) is 5.25. The normalized spacial score (nSPS) is 11.1. The van der Waals surface area contributed by atoms with E-state index in [-0.39, 0.29) is 23.7 Å². The highest BCUT2D eigenvalue weighted by atomic mass is 16.5. The predicted octanol–water partition coefficient (Wildman–Crippen LogP) is 3.98. The molecule has 118 valence electrons. The van der Waals surface area contributed by atoms with Gasteiger partial charge in [-0.3, -0.25) is 4.79 Å². The van der Waals surface area contributed by atoms with Crippen LogP contribution in [0.4, 0.5) is 0 Å². The highest BCUT2D eigenvalue weighted by Crippen LogP contribution is 2.37. The summed E-state index contributed by atoms with van der Waals surface area (Å²) in [5, 5.41) is 11.2. The Morgan fingerprint density at radius 1 is 1.22 bits per heavy atom. The second kappa shape index (κ2) is 5.43. The first kappa shape index (κ1) is 15.1. The number of furan rings is 1. The molecule has 23 heavy (non-hydrogen) atoms. The van der Waals surface area contributed by atoms with Crippen molar-refractivity contribution in [2.24, 2.45) is 0 Å². The van der Waals surface area contributed by atoms with Gasteiger partial charge in [0.2, 0.25) is 0 Å². The first-order valence-corrected chi connectivity index (χ1v) is 7.31. The molecule has 0 spiro atoms. The van der Waals surface area contributed by atoms with E-state index in [0.29, 0.717) is 27.5 Å². The standard InChI is InChI=1S/C18H16O5/c1-4-22-18(21)11-6-5-9(2)17-16(11)13-7-12(10(3)19)14(20)8-15(13)23-17/h5-8,20H,4H2,1-3H3. The number of aromatic hydroxyl groups is 1. The minimum absolute atomic E-state index is 0.139. The van der Waals surface area contributed by atoms with Crippen LogP contribution in [0, 0.1) is 6.92 Å². The van der Waals surface area contributed by atoms with Gasteiger partial charge in [-0.15, -0.1) is 0 Å². The number of ketones is 1. The molecule has 0 unspecified atom stereocenters. The maximum absolute atomic E-state index is 12.2. The van der Waals surface area contributed by atoms with Gasteiger partial charge in [-0.1, -0.05) is 6.07 Å². The summed E-state index contributed by atoms with van der Waals surface area (Å²) in [5.74, 6) is -0.846. The van der Waals surface area contributed by atoms with Crippen molar-refractivity contribution in [3.8, 4) is 5.75 Å². The van der Waals surface area contributed by atoms with Crippen LogP contribution in [0.25, 0.3) is 21.9 Å². The van der Waals surface area contributed by atoms with Gasteiger partial charge < -0.3 is 14.3 Å². The Kier molecular flexibility index (Phi) is 3.56. The minimum atomic E-state index is -0.447. The molecule has 0 atom stereocenters. The van der Waals surface area contributed by atoms with Crippen LogP contribution < -0.4 is 0 Å². The van der Waals surface area contributed by atoms with Crippen LogP contribution in [-0.2, 0) is 4.74 Å². The van der Waals surface area contributed by atoms with Crippen LogP contribution >= 0.6 is 0 Å². The highest BCUT2D eigenvalue weighted by molar-refractivity contribution is 6.17. The first-order valence-electron chi connectivity index (χ1n) is 7.31. The van der Waals surface area contributed by atoms with Gasteiger partial charge in [0, 0.05) is 16.8 Å². The fraction of sp³-hybridized carbons (Fsp3) is 0.222. The van der Waals surface area contributed by atoms with E-state index in [2.05, 4.69) is 0 Å². The third-order valence-electron chi connectivity index (χ3n) is 3.81. The third-order valence-corrected chi connectivity index (χ3v) is 3.81. The van der Waals surface area contributed by atoms with E-state index in [9.17, 15) is 14.7 Å². The molecule has 5 heteroatoms. The number of carbonyl (C=O) groups excluding carboxylic acids is 2. The summed E-state index contributed by atoms with van der Waals surface area (Å²) in [6, 6.07) is 6.43. The second-order valence-electron chi connectivity index (χ2n) is 5.38. The molecule has 5 nitrogen and oxygen atoms in total. The van der Waals surface area contributed by atoms with Gasteiger partial charge in [0.1, 0.15) is 16.9 Å². The Morgan fingerprint density at radius 2 is 1.96 bits per heavy atom. The number of benzene rings is 2. The molecule has 2 aromatic carbocycles. The minimum Gasteiger partial charge on any atom is -0.507 e. The van der Waals surface area contributed by atoms with Gasteiger partial charge >= 0.3 is 5.97 Å². The molecule has 0 aliphatic carbocycles. The van der Waals surface area contributed by atoms with Crippen molar-refractivity contribution in [2.45, 2.75) is 20.8 Å². The Balaban J connectivity index is 2.43. The van der Waals surface area contributed by atoms with Crippen LogP contribution in [0.3, 0.4) is 0 Å². The van der Waals surface area contributed by atoms with Crippen molar-refractivity contribution in [2.75, 3.05) is 6.61 Å². The maximum Gasteiger partial charge on any atom is 0.338 e. The number of rotatable bonds is 3. The van der Waals surface area contributed by atoms with Gasteiger partial charge in [0.15, 0.2) is 5.78 Å². The SMILES string of the molecule is CCOC(=O)c1ccc(C)c2oc3cc(O)c(C(C)=O)cc3c12. The Hall–Kier alpha value is -2.82. The number of phenolic OH excluding ortho intramolecular Hbond substituents is 1. The summed E-state index contributed by atoms with van der Waals surface area (Å²) >= 11 is 0. The van der Waals surface area contributed by atoms with Gasteiger partial charge in [-0.2, -0.15) is 0 Å². The first-order chi connectivity index (χ1) is 10.9. The lowest BCUT2D eigenvalue weighted by Crippen LogP contribution is -2.05. The Labute approximate surface area is 132 Å². The van der Waals surface area contributed by atoms with Crippen LogP contribution in [0.2, 0.25) is 0 Å². The molecule has 0 aliphatic rings. The highest BCUT2D eigenvalue weighted by Gasteiger charge is 2.20. The van der Waals surface area contributed by atoms with Gasteiger partial charge in [-0.25, -0.2) is 4.79 Å². The van der Waals surface area contributed by atoms with Gasteiger partial charge in [0.25, 0.3) is 0 Å². The van der Waals surface area contributed by atoms with Crippen LogP contribution in [0.15, 0.2) is 28.7 Å². The summed E-state index contributed by atoms with van der Waals surface area (Å²) in [5.41, 5.74) is 2.39. The number of hydrogen-bond acceptors (Lipinski definition) is 5. The summed E-state index contributed by atoms with van der Waals surface area (Å²) in [6.07, 6.45) is 0. The van der Waals surface area contributed by atoms with Crippen LogP contribution in [-0.4, -0.2) is 23.5 Å². The number of fused-ring (bicyclic) bond motifs is 3. The van der Waals surface area contributed by atoms with E-state index in [1.807, 2.05) is 6.92 Å². The van der Waals surface area contributed by atoms with E-state index in [0.717, 1.165) is 5.56 Å². The lowest BCUT2D eigenvalue weighted by Gasteiger charge is -2.05. The molecule has 0 amide bonds. The molecule has 1 N–H and O–H groups in total. The summed E-state index contributed by atoms with van der Waals surface area (Å²) in [4.78, 5) is 23.9. The Bertz CT molecular complexity index is 949. The molecule has 0 fully saturated rings. The van der Waals surface area contributed by atoms with Crippen molar-refractivity contribution in [1.82, 2.24) is 0 Å². The second-order valence-corrected chi connectivity index (χ2v) is 5.38. The van der Waals surface area contributed by atoms with Gasteiger partial charge in [0.05, 0.1) is 17.7 Å². The molecule has 3 rings (SSSR count). The quantitative estimate of drug-likeness (QED) is 0.584. The fourth-order valence-corrected chi connectivity index (χ4v) is 2.71. The number of Topliss-reactive ketones (excluding diaryl/α,β-unsaturated/α-hetero) is 1. The zero-order valence-corrected chi connectivity index (χ0v) is 13.1. The molecular weight excluding hydrogens is 296 g/mol. The molecular formula is C18H16O5. The maximum atomic E-state index is 12.2. The zero-order valence-electron chi connectivity index (χ0n) is 13.1. The number of aryl methyl sites for hydroxylation is 1. The number of phenols is 1. The van der Waals surface area contributed by atoms with E-state index in [1.54, 1.807) is 25.1 Å². The molecule has 0 saturated carbocycles. The molecule has 0 saturated heterocycles. The van der Waals surface area contributed by atoms with E-state index in [4.69, 9.17) is 9.15 Å². The monoisotopic (exact) mass is 312 g/mol. The smallest absolute Gasteiger partial charge is 0.338 e. The van der Waals surface area contributed by atoms with Crippen molar-refractivity contribution >= 4 is 33.7 Å². The molecule has 0 bridgehead atoms. The predicted molar refractivity (Wildman–Crippen MR) is 86.1 cm³/mol. The molecule has 3 aromatic rings. The van der Waals surface area contributed by atoms with E-state index in [1.165, 1.54) is 13.0 Å². The number of carbonyl (C=O) groups is 2.